The standard InChI is InChI=1S/C15H10ClF3N2/c1-9-4-2-7-12-13(16)20-14(21(9)12)10-5-3-6-11(8-10)15(17,18)19/h2-8H,1H3. The van der Waals surface area contributed by atoms with Crippen LogP contribution >= 0.6 is 11.6 Å². The van der Waals surface area contributed by atoms with Crippen molar-refractivity contribution in [2.75, 3.05) is 0 Å². The van der Waals surface area contributed by atoms with E-state index in [0.29, 0.717) is 16.9 Å². The first-order valence-corrected chi connectivity index (χ1v) is 6.57. The third-order valence-electron chi connectivity index (χ3n) is 3.26. The molecule has 0 aliphatic carbocycles. The maximum atomic E-state index is 12.8. The van der Waals surface area contributed by atoms with Gasteiger partial charge in [-0.1, -0.05) is 29.8 Å². The zero-order chi connectivity index (χ0) is 15.2. The third kappa shape index (κ3) is 2.38. The molecule has 2 nitrogen and oxygen atoms in total. The Morgan fingerprint density at radius 1 is 1.10 bits per heavy atom. The molecule has 2 aromatic heterocycles. The van der Waals surface area contributed by atoms with E-state index < -0.39 is 11.7 Å². The van der Waals surface area contributed by atoms with Gasteiger partial charge in [0.25, 0.3) is 0 Å². The number of hydrogen-bond acceptors (Lipinski definition) is 1. The molecule has 0 fully saturated rings. The highest BCUT2D eigenvalue weighted by molar-refractivity contribution is 6.32. The number of rotatable bonds is 1. The number of benzene rings is 1. The van der Waals surface area contributed by atoms with Crippen molar-refractivity contribution >= 4 is 17.1 Å². The van der Waals surface area contributed by atoms with Crippen LogP contribution in [0.3, 0.4) is 0 Å². The number of aromatic nitrogens is 2. The molecule has 0 bridgehead atoms. The molecule has 0 saturated heterocycles. The van der Waals surface area contributed by atoms with Gasteiger partial charge in [0.15, 0.2) is 5.15 Å². The molecule has 0 saturated carbocycles. The fourth-order valence-corrected chi connectivity index (χ4v) is 2.52. The molecule has 1 aromatic carbocycles. The predicted octanol–water partition coefficient (Wildman–Crippen LogP) is 4.98. The second-order valence-corrected chi connectivity index (χ2v) is 5.05. The van der Waals surface area contributed by atoms with Gasteiger partial charge in [0.2, 0.25) is 0 Å². The molecule has 21 heavy (non-hydrogen) atoms. The Balaban J connectivity index is 2.27. The number of fused-ring (bicyclic) bond motifs is 1. The minimum Gasteiger partial charge on any atom is -0.295 e. The lowest BCUT2D eigenvalue weighted by atomic mass is 10.1. The van der Waals surface area contributed by atoms with Crippen molar-refractivity contribution in [3.63, 3.8) is 0 Å². The number of nitrogens with zero attached hydrogens (tertiary/aromatic N) is 2. The van der Waals surface area contributed by atoms with Crippen LogP contribution in [0, 0.1) is 6.92 Å². The smallest absolute Gasteiger partial charge is 0.295 e. The summed E-state index contributed by atoms with van der Waals surface area (Å²) in [4.78, 5) is 4.21. The molecule has 0 amide bonds. The summed E-state index contributed by atoms with van der Waals surface area (Å²) in [6.45, 7) is 1.85. The van der Waals surface area contributed by atoms with E-state index in [0.717, 1.165) is 17.8 Å². The van der Waals surface area contributed by atoms with Crippen LogP contribution in [0.25, 0.3) is 16.9 Å². The first kappa shape index (κ1) is 13.9. The Kier molecular flexibility index (Phi) is 3.17. The third-order valence-corrected chi connectivity index (χ3v) is 3.54. The summed E-state index contributed by atoms with van der Waals surface area (Å²) in [5.41, 5.74) is 1.19. The van der Waals surface area contributed by atoms with Gasteiger partial charge in [-0.15, -0.1) is 0 Å². The van der Waals surface area contributed by atoms with Crippen LogP contribution in [0.15, 0.2) is 42.5 Å². The summed E-state index contributed by atoms with van der Waals surface area (Å²) in [6, 6.07) is 10.5. The molecule has 0 atom stereocenters. The van der Waals surface area contributed by atoms with Crippen LogP contribution in [0.1, 0.15) is 11.3 Å². The van der Waals surface area contributed by atoms with Gasteiger partial charge >= 0.3 is 6.18 Å². The molecule has 0 unspecified atom stereocenters. The van der Waals surface area contributed by atoms with Crippen molar-refractivity contribution in [3.8, 4) is 11.4 Å². The Morgan fingerprint density at radius 2 is 1.81 bits per heavy atom. The molecular weight excluding hydrogens is 301 g/mol. The van der Waals surface area contributed by atoms with Crippen LogP contribution in [0.2, 0.25) is 5.15 Å². The number of pyridine rings is 1. The van der Waals surface area contributed by atoms with Crippen LogP contribution in [-0.2, 0) is 6.18 Å². The molecule has 0 aliphatic heterocycles. The summed E-state index contributed by atoms with van der Waals surface area (Å²) < 4.78 is 40.2. The highest BCUT2D eigenvalue weighted by atomic mass is 35.5. The zero-order valence-electron chi connectivity index (χ0n) is 10.9. The minimum atomic E-state index is -4.39. The number of alkyl halides is 3. The van der Waals surface area contributed by atoms with Crippen LogP contribution < -0.4 is 0 Å². The van der Waals surface area contributed by atoms with E-state index in [1.54, 1.807) is 16.5 Å². The van der Waals surface area contributed by atoms with E-state index in [1.165, 1.54) is 6.07 Å². The molecule has 3 aromatic rings. The van der Waals surface area contributed by atoms with Crippen molar-refractivity contribution in [2.24, 2.45) is 0 Å². The summed E-state index contributed by atoms with van der Waals surface area (Å²) in [5, 5.41) is 0.270. The SMILES string of the molecule is Cc1cccc2c(Cl)nc(-c3cccc(C(F)(F)F)c3)n12. The number of imidazole rings is 1. The monoisotopic (exact) mass is 310 g/mol. The Hall–Kier alpha value is -2.01. The van der Waals surface area contributed by atoms with Crippen LogP contribution in [0.4, 0.5) is 13.2 Å². The van der Waals surface area contributed by atoms with Gasteiger partial charge in [0, 0.05) is 11.3 Å². The van der Waals surface area contributed by atoms with Gasteiger partial charge in [-0.2, -0.15) is 13.2 Å². The topological polar surface area (TPSA) is 17.3 Å². The van der Waals surface area contributed by atoms with E-state index in [9.17, 15) is 13.2 Å². The first-order chi connectivity index (χ1) is 9.88. The summed E-state index contributed by atoms with van der Waals surface area (Å²) >= 11 is 6.08. The minimum absolute atomic E-state index is 0.270. The Labute approximate surface area is 123 Å². The second-order valence-electron chi connectivity index (χ2n) is 4.69. The largest absolute Gasteiger partial charge is 0.416 e. The van der Waals surface area contributed by atoms with E-state index in [1.807, 2.05) is 19.1 Å². The zero-order valence-corrected chi connectivity index (χ0v) is 11.7. The van der Waals surface area contributed by atoms with Crippen molar-refractivity contribution < 1.29 is 13.2 Å². The lowest BCUT2D eigenvalue weighted by Crippen LogP contribution is -2.05. The first-order valence-electron chi connectivity index (χ1n) is 6.19. The van der Waals surface area contributed by atoms with Crippen molar-refractivity contribution in [1.29, 1.82) is 0 Å². The maximum absolute atomic E-state index is 12.8. The van der Waals surface area contributed by atoms with Crippen LogP contribution in [0.5, 0.6) is 0 Å². The van der Waals surface area contributed by atoms with Crippen molar-refractivity contribution in [1.82, 2.24) is 9.38 Å². The van der Waals surface area contributed by atoms with Gasteiger partial charge < -0.3 is 0 Å². The van der Waals surface area contributed by atoms with E-state index >= 15 is 0 Å². The molecular formula is C15H10ClF3N2. The average molecular weight is 311 g/mol. The fraction of sp³-hybridized carbons (Fsp3) is 0.133. The van der Waals surface area contributed by atoms with Crippen molar-refractivity contribution in [2.45, 2.75) is 13.1 Å². The van der Waals surface area contributed by atoms with Gasteiger partial charge in [-0.05, 0) is 31.2 Å². The van der Waals surface area contributed by atoms with Crippen LogP contribution in [-0.4, -0.2) is 9.38 Å². The summed E-state index contributed by atoms with van der Waals surface area (Å²) in [6.07, 6.45) is -4.39. The second kappa shape index (κ2) is 4.77. The molecule has 3 rings (SSSR count). The average Bonchev–Trinajstić information content (AvgIpc) is 2.77. The number of hydrogen-bond donors (Lipinski definition) is 0. The van der Waals surface area contributed by atoms with Gasteiger partial charge in [-0.3, -0.25) is 4.40 Å². The van der Waals surface area contributed by atoms with E-state index in [4.69, 9.17) is 11.6 Å². The van der Waals surface area contributed by atoms with Gasteiger partial charge in [0.1, 0.15) is 5.82 Å². The lowest BCUT2D eigenvalue weighted by Gasteiger charge is -2.09. The van der Waals surface area contributed by atoms with E-state index in [2.05, 4.69) is 4.98 Å². The molecule has 0 spiro atoms. The number of aryl methyl sites for hydroxylation is 1. The highest BCUT2D eigenvalue weighted by Crippen LogP contribution is 2.33. The molecule has 6 heteroatoms. The van der Waals surface area contributed by atoms with Crippen molar-refractivity contribution in [3.05, 3.63) is 58.9 Å². The highest BCUT2D eigenvalue weighted by Gasteiger charge is 2.30. The molecule has 2 heterocycles. The Bertz CT molecular complexity index is 821. The molecule has 0 aliphatic rings. The normalized spacial score (nSPS) is 12.0. The molecule has 0 radical (unpaired) electrons. The quantitative estimate of drug-likeness (QED) is 0.619. The number of halogens is 4. The van der Waals surface area contributed by atoms with Gasteiger partial charge in [-0.25, -0.2) is 4.98 Å². The van der Waals surface area contributed by atoms with E-state index in [-0.39, 0.29) is 5.15 Å². The molecule has 0 N–H and O–H groups in total. The Morgan fingerprint density at radius 3 is 2.52 bits per heavy atom. The molecule has 108 valence electrons. The predicted molar refractivity (Wildman–Crippen MR) is 75.4 cm³/mol. The van der Waals surface area contributed by atoms with Gasteiger partial charge in [0.05, 0.1) is 11.1 Å². The maximum Gasteiger partial charge on any atom is 0.416 e. The summed E-state index contributed by atoms with van der Waals surface area (Å²) in [7, 11) is 0. The fourth-order valence-electron chi connectivity index (χ4n) is 2.29. The summed E-state index contributed by atoms with van der Waals surface area (Å²) in [5.74, 6) is 0.402. The lowest BCUT2D eigenvalue weighted by molar-refractivity contribution is -0.137.